The third-order valence-electron chi connectivity index (χ3n) is 12.5. The van der Waals surface area contributed by atoms with E-state index < -0.39 is 6.10 Å². The monoisotopic (exact) mass is 921 g/mol. The van der Waals surface area contributed by atoms with Crippen molar-refractivity contribution in [2.75, 3.05) is 13.2 Å². The second kappa shape index (κ2) is 56.7. The van der Waals surface area contributed by atoms with Crippen molar-refractivity contribution in [1.82, 2.24) is 0 Å². The number of allylic oxidation sites excluding steroid dienone is 12. The lowest BCUT2D eigenvalue weighted by molar-refractivity contribution is -0.161. The van der Waals surface area contributed by atoms with Crippen molar-refractivity contribution in [2.45, 2.75) is 290 Å². The van der Waals surface area contributed by atoms with E-state index in [0.717, 1.165) is 70.6 Å². The number of hydrogen-bond acceptors (Lipinski definition) is 5. The summed E-state index contributed by atoms with van der Waals surface area (Å²) < 4.78 is 10.6. The molecule has 0 rings (SSSR count). The number of carbonyl (C=O) groups is 2. The fourth-order valence-electron chi connectivity index (χ4n) is 8.23. The number of rotatable bonds is 52. The van der Waals surface area contributed by atoms with E-state index in [9.17, 15) is 14.7 Å². The van der Waals surface area contributed by atoms with Gasteiger partial charge in [0.15, 0.2) is 6.10 Å². The minimum Gasteiger partial charge on any atom is -0.462 e. The average Bonchev–Trinajstić information content (AvgIpc) is 3.32. The molecule has 0 aliphatic heterocycles. The molecule has 0 radical (unpaired) electrons. The van der Waals surface area contributed by atoms with Gasteiger partial charge < -0.3 is 14.6 Å². The molecule has 0 spiro atoms. The number of esters is 2. The van der Waals surface area contributed by atoms with Gasteiger partial charge >= 0.3 is 11.9 Å². The molecule has 5 nitrogen and oxygen atoms in total. The molecule has 0 aliphatic rings. The van der Waals surface area contributed by atoms with Gasteiger partial charge in [0, 0.05) is 12.8 Å². The summed E-state index contributed by atoms with van der Waals surface area (Å²) in [4.78, 5) is 24.4. The quantitative estimate of drug-likeness (QED) is 0.0374. The van der Waals surface area contributed by atoms with Gasteiger partial charge in [-0.3, -0.25) is 9.59 Å². The van der Waals surface area contributed by atoms with Crippen LogP contribution in [0, 0.1) is 0 Å². The summed E-state index contributed by atoms with van der Waals surface area (Å²) in [6.45, 7) is 4.00. The van der Waals surface area contributed by atoms with Crippen LogP contribution in [0.15, 0.2) is 72.9 Å². The Kier molecular flexibility index (Phi) is 54.4. The van der Waals surface area contributed by atoms with Crippen LogP contribution in [0.3, 0.4) is 0 Å². The van der Waals surface area contributed by atoms with Gasteiger partial charge in [-0.2, -0.15) is 0 Å². The summed E-state index contributed by atoms with van der Waals surface area (Å²) in [7, 11) is 0. The first-order valence-corrected chi connectivity index (χ1v) is 28.5. The highest BCUT2D eigenvalue weighted by atomic mass is 16.6. The predicted octanol–water partition coefficient (Wildman–Crippen LogP) is 19.2. The number of aliphatic hydroxyl groups is 1. The Balaban J connectivity index is 3.41. The number of aliphatic hydroxyl groups excluding tert-OH is 1. The van der Waals surface area contributed by atoms with Crippen LogP contribution < -0.4 is 0 Å². The fourth-order valence-corrected chi connectivity index (χ4v) is 8.23. The van der Waals surface area contributed by atoms with Crippen LogP contribution in [0.25, 0.3) is 0 Å². The lowest BCUT2D eigenvalue weighted by Crippen LogP contribution is -2.28. The minimum atomic E-state index is -0.795. The molecule has 0 aliphatic carbocycles. The fraction of sp³-hybridized carbons (Fsp3) is 0.770. The highest BCUT2D eigenvalue weighted by Crippen LogP contribution is 2.17. The van der Waals surface area contributed by atoms with E-state index >= 15 is 0 Å². The van der Waals surface area contributed by atoms with Crippen molar-refractivity contribution in [3.05, 3.63) is 72.9 Å². The topological polar surface area (TPSA) is 72.8 Å². The van der Waals surface area contributed by atoms with Gasteiger partial charge in [0.1, 0.15) is 6.61 Å². The molecule has 0 saturated heterocycles. The van der Waals surface area contributed by atoms with Gasteiger partial charge in [-0.1, -0.05) is 260 Å². The molecule has 1 atom stereocenters. The molecule has 0 saturated carbocycles. The summed E-state index contributed by atoms with van der Waals surface area (Å²) in [5, 5.41) is 9.61. The van der Waals surface area contributed by atoms with E-state index in [1.54, 1.807) is 0 Å². The Labute approximate surface area is 410 Å². The van der Waals surface area contributed by atoms with E-state index in [4.69, 9.17) is 9.47 Å². The molecule has 0 heterocycles. The molecule has 0 aromatic carbocycles. The van der Waals surface area contributed by atoms with Crippen LogP contribution in [0.1, 0.15) is 284 Å². The predicted molar refractivity (Wildman–Crippen MR) is 288 cm³/mol. The zero-order valence-electron chi connectivity index (χ0n) is 43.7. The lowest BCUT2D eigenvalue weighted by atomic mass is 10.0. The zero-order valence-corrected chi connectivity index (χ0v) is 43.7. The van der Waals surface area contributed by atoms with Crippen molar-refractivity contribution in [1.29, 1.82) is 0 Å². The van der Waals surface area contributed by atoms with Crippen molar-refractivity contribution >= 4 is 11.9 Å². The van der Waals surface area contributed by atoms with Gasteiger partial charge in [0.25, 0.3) is 0 Å². The molecule has 0 aromatic rings. The van der Waals surface area contributed by atoms with Crippen LogP contribution >= 0.6 is 0 Å². The van der Waals surface area contributed by atoms with E-state index in [1.165, 1.54) is 186 Å². The number of ether oxygens (including phenoxy) is 2. The van der Waals surface area contributed by atoms with Crippen LogP contribution in [-0.4, -0.2) is 36.4 Å². The first-order valence-electron chi connectivity index (χ1n) is 28.5. The first-order chi connectivity index (χ1) is 32.6. The third kappa shape index (κ3) is 54.0. The van der Waals surface area contributed by atoms with Gasteiger partial charge in [0.2, 0.25) is 0 Å². The molecule has 1 unspecified atom stereocenters. The van der Waals surface area contributed by atoms with Gasteiger partial charge in [0.05, 0.1) is 6.61 Å². The summed E-state index contributed by atoms with van der Waals surface area (Å²) in [6, 6.07) is 0. The smallest absolute Gasteiger partial charge is 0.306 e. The van der Waals surface area contributed by atoms with Gasteiger partial charge in [-0.15, -0.1) is 0 Å². The number of hydrogen-bond donors (Lipinski definition) is 1. The van der Waals surface area contributed by atoms with Crippen LogP contribution in [0.4, 0.5) is 0 Å². The minimum absolute atomic E-state index is 0.0825. The standard InChI is InChI=1S/C61H108O5/c1-3-5-7-9-11-13-15-17-19-20-21-22-23-24-25-26-27-28-29-30-31-32-33-34-35-36-37-38-39-40-42-43-45-47-49-51-53-55-60(63)65-58-59(57-62)66-61(64)56-54-52-50-48-46-44-41-18-16-14-12-10-8-6-4-2/h6,8,12,14-15,17-18,20-21,41,46,48,59,62H,3-5,7,9-11,13,16,19,22-40,42-45,47,49-58H2,1-2H3/b8-6-,14-12-,17-15-,21-20-,41-18-,48-46-. The maximum atomic E-state index is 12.2. The summed E-state index contributed by atoms with van der Waals surface area (Å²) in [5.41, 5.74) is 0. The second-order valence-corrected chi connectivity index (χ2v) is 19.0. The number of carbonyl (C=O) groups excluding carboxylic acids is 2. The Morgan fingerprint density at radius 2 is 0.652 bits per heavy atom. The Morgan fingerprint density at radius 3 is 1.02 bits per heavy atom. The van der Waals surface area contributed by atoms with Crippen LogP contribution in [0.5, 0.6) is 0 Å². The Morgan fingerprint density at radius 1 is 0.364 bits per heavy atom. The molecular weight excluding hydrogens is 813 g/mol. The highest BCUT2D eigenvalue weighted by Gasteiger charge is 2.16. The lowest BCUT2D eigenvalue weighted by Gasteiger charge is -2.15. The van der Waals surface area contributed by atoms with Crippen molar-refractivity contribution in [3.63, 3.8) is 0 Å². The van der Waals surface area contributed by atoms with E-state index in [2.05, 4.69) is 86.8 Å². The Bertz CT molecular complexity index is 1180. The van der Waals surface area contributed by atoms with E-state index in [1.807, 2.05) is 0 Å². The summed E-state index contributed by atoms with van der Waals surface area (Å²) in [6.07, 6.45) is 77.6. The highest BCUT2D eigenvalue weighted by molar-refractivity contribution is 5.70. The molecule has 0 bridgehead atoms. The molecule has 1 N–H and O–H groups in total. The maximum Gasteiger partial charge on any atom is 0.306 e. The summed E-state index contributed by atoms with van der Waals surface area (Å²) >= 11 is 0. The number of unbranched alkanes of at least 4 members (excludes halogenated alkanes) is 32. The van der Waals surface area contributed by atoms with Crippen molar-refractivity contribution in [3.8, 4) is 0 Å². The maximum absolute atomic E-state index is 12.2. The van der Waals surface area contributed by atoms with Crippen molar-refractivity contribution < 1.29 is 24.2 Å². The molecule has 0 aromatic heterocycles. The molecule has 5 heteroatoms. The van der Waals surface area contributed by atoms with Crippen LogP contribution in [-0.2, 0) is 19.1 Å². The van der Waals surface area contributed by atoms with E-state index in [-0.39, 0.29) is 25.2 Å². The van der Waals surface area contributed by atoms with Gasteiger partial charge in [-0.25, -0.2) is 0 Å². The average molecular weight is 922 g/mol. The summed E-state index contributed by atoms with van der Waals surface area (Å²) in [5.74, 6) is -0.632. The second-order valence-electron chi connectivity index (χ2n) is 19.0. The van der Waals surface area contributed by atoms with E-state index in [0.29, 0.717) is 12.8 Å². The third-order valence-corrected chi connectivity index (χ3v) is 12.5. The van der Waals surface area contributed by atoms with Gasteiger partial charge in [-0.05, 0) is 83.5 Å². The SMILES string of the molecule is CC/C=C\C/C=C\C/C=C\C/C=C\CCCCC(=O)OC(CO)COC(=O)CCCCCCCCCCCCCCCCCCCCCCCCCCC/C=C\C/C=C\CCCCCCC. The molecular formula is C61H108O5. The molecule has 0 amide bonds. The zero-order chi connectivity index (χ0) is 47.7. The molecule has 0 fully saturated rings. The first kappa shape index (κ1) is 63.3. The molecule has 66 heavy (non-hydrogen) atoms. The van der Waals surface area contributed by atoms with Crippen LogP contribution in [0.2, 0.25) is 0 Å². The largest absolute Gasteiger partial charge is 0.462 e. The Hall–Kier alpha value is -2.66. The van der Waals surface area contributed by atoms with Crippen molar-refractivity contribution in [2.24, 2.45) is 0 Å². The molecule has 382 valence electrons. The normalized spacial score (nSPS) is 12.7.